The van der Waals surface area contributed by atoms with Crippen LogP contribution in [0.15, 0.2) is 59.3 Å². The molecule has 0 atom stereocenters. The van der Waals surface area contributed by atoms with Crippen molar-refractivity contribution in [3.05, 3.63) is 87.7 Å². The highest BCUT2D eigenvalue weighted by Gasteiger charge is 2.25. The number of anilines is 1. The van der Waals surface area contributed by atoms with Crippen LogP contribution >= 0.6 is 15.9 Å². The number of nitrogens with one attached hydrogen (secondary N) is 1. The Morgan fingerprint density at radius 1 is 1.14 bits per heavy atom. The minimum absolute atomic E-state index is 0.0226. The van der Waals surface area contributed by atoms with E-state index in [4.69, 9.17) is 0 Å². The van der Waals surface area contributed by atoms with E-state index in [1.54, 1.807) is 17.1 Å². The van der Waals surface area contributed by atoms with Crippen molar-refractivity contribution < 1.29 is 18.4 Å². The molecule has 1 N–H and O–H groups in total. The van der Waals surface area contributed by atoms with Gasteiger partial charge in [-0.25, -0.2) is 8.78 Å². The molecule has 0 spiro atoms. The third-order valence-corrected chi connectivity index (χ3v) is 6.66. The molecule has 1 aliphatic rings. The highest BCUT2D eigenvalue weighted by Crippen LogP contribution is 2.27. The van der Waals surface area contributed by atoms with Crippen LogP contribution in [0.25, 0.3) is 6.08 Å². The molecule has 0 saturated carbocycles. The summed E-state index contributed by atoms with van der Waals surface area (Å²) in [7, 11) is 0. The fourth-order valence-electron chi connectivity index (χ4n) is 4.17. The monoisotopic (exact) mass is 556 g/mol. The standard InChI is InChI=1S/C27H27BrF2N4O2/c1-17(2)19-11-20(13-21(28)12-19)27(36)33-9-7-24(8-10-33)34-16-23(15-31-34)32-26(35)6-4-18-3-5-22(29)14-25(18)30/h3-6,11-17,24H,7-10H2,1-2H3,(H,32,35)/b6-4+. The van der Waals surface area contributed by atoms with Gasteiger partial charge in [0.15, 0.2) is 0 Å². The van der Waals surface area contributed by atoms with Gasteiger partial charge in [0.25, 0.3) is 5.91 Å². The summed E-state index contributed by atoms with van der Waals surface area (Å²) in [6.07, 6.45) is 7.26. The number of hydrogen-bond donors (Lipinski definition) is 1. The lowest BCUT2D eigenvalue weighted by molar-refractivity contribution is -0.111. The molecule has 2 amide bonds. The lowest BCUT2D eigenvalue weighted by Gasteiger charge is -2.32. The maximum atomic E-state index is 13.7. The van der Waals surface area contributed by atoms with Crippen molar-refractivity contribution >= 4 is 39.5 Å². The zero-order chi connectivity index (χ0) is 25.8. The molecule has 4 rings (SSSR count). The van der Waals surface area contributed by atoms with Crippen LogP contribution in [-0.4, -0.2) is 39.6 Å². The molecule has 0 radical (unpaired) electrons. The first-order chi connectivity index (χ1) is 17.2. The molecule has 9 heteroatoms. The highest BCUT2D eigenvalue weighted by atomic mass is 79.9. The summed E-state index contributed by atoms with van der Waals surface area (Å²) in [4.78, 5) is 27.2. The van der Waals surface area contributed by atoms with Gasteiger partial charge in [0.05, 0.1) is 17.9 Å². The molecule has 0 aliphatic carbocycles. The summed E-state index contributed by atoms with van der Waals surface area (Å²) in [5.41, 5.74) is 2.43. The molecule has 2 heterocycles. The van der Waals surface area contributed by atoms with Gasteiger partial charge < -0.3 is 10.2 Å². The number of likely N-dealkylation sites (tertiary alicyclic amines) is 1. The van der Waals surface area contributed by atoms with Crippen molar-refractivity contribution in [3.63, 3.8) is 0 Å². The minimum Gasteiger partial charge on any atom is -0.338 e. The van der Waals surface area contributed by atoms with Crippen LogP contribution in [0.2, 0.25) is 0 Å². The van der Waals surface area contributed by atoms with Gasteiger partial charge in [-0.2, -0.15) is 5.10 Å². The predicted molar refractivity (Wildman–Crippen MR) is 139 cm³/mol. The molecular weight excluding hydrogens is 530 g/mol. The van der Waals surface area contributed by atoms with E-state index < -0.39 is 17.5 Å². The van der Waals surface area contributed by atoms with Crippen LogP contribution in [0, 0.1) is 11.6 Å². The lowest BCUT2D eigenvalue weighted by Crippen LogP contribution is -2.39. The van der Waals surface area contributed by atoms with Crippen LogP contribution in [0.5, 0.6) is 0 Å². The quantitative estimate of drug-likeness (QED) is 0.369. The Balaban J connectivity index is 1.32. The van der Waals surface area contributed by atoms with E-state index in [1.165, 1.54) is 18.2 Å². The average molecular weight is 557 g/mol. The van der Waals surface area contributed by atoms with Gasteiger partial charge in [-0.3, -0.25) is 14.3 Å². The zero-order valence-electron chi connectivity index (χ0n) is 20.0. The molecule has 0 unspecified atom stereocenters. The fraction of sp³-hybridized carbons (Fsp3) is 0.296. The first-order valence-corrected chi connectivity index (χ1v) is 12.6. The SMILES string of the molecule is CC(C)c1cc(Br)cc(C(=O)N2CCC(n3cc(NC(=O)/C=C/c4ccc(F)cc4F)cn3)CC2)c1. The van der Waals surface area contributed by atoms with Crippen LogP contribution in [0.3, 0.4) is 0 Å². The normalized spacial score (nSPS) is 14.6. The molecule has 0 bridgehead atoms. The molecule has 1 fully saturated rings. The molecule has 1 aliphatic heterocycles. The summed E-state index contributed by atoms with van der Waals surface area (Å²) >= 11 is 3.51. The first kappa shape index (κ1) is 25.8. The smallest absolute Gasteiger partial charge is 0.253 e. The van der Waals surface area contributed by atoms with Crippen molar-refractivity contribution in [2.45, 2.75) is 38.6 Å². The number of aromatic nitrogens is 2. The van der Waals surface area contributed by atoms with Crippen molar-refractivity contribution in [2.75, 3.05) is 18.4 Å². The van der Waals surface area contributed by atoms with Gasteiger partial charge in [-0.15, -0.1) is 0 Å². The van der Waals surface area contributed by atoms with Gasteiger partial charge in [-0.1, -0.05) is 29.8 Å². The number of carbonyl (C=O) groups is 2. The summed E-state index contributed by atoms with van der Waals surface area (Å²) in [6, 6.07) is 9.14. The van der Waals surface area contributed by atoms with Gasteiger partial charge in [0.1, 0.15) is 11.6 Å². The van der Waals surface area contributed by atoms with Gasteiger partial charge in [0, 0.05) is 47.0 Å². The Bertz CT molecular complexity index is 1300. The zero-order valence-corrected chi connectivity index (χ0v) is 21.6. The van der Waals surface area contributed by atoms with E-state index in [0.29, 0.717) is 30.3 Å². The topological polar surface area (TPSA) is 67.2 Å². The van der Waals surface area contributed by atoms with Crippen molar-refractivity contribution in [3.8, 4) is 0 Å². The number of rotatable bonds is 6. The van der Waals surface area contributed by atoms with Crippen molar-refractivity contribution in [2.24, 2.45) is 0 Å². The average Bonchev–Trinajstić information content (AvgIpc) is 3.31. The van der Waals surface area contributed by atoms with Crippen LogP contribution in [0.4, 0.5) is 14.5 Å². The molecule has 6 nitrogen and oxygen atoms in total. The van der Waals surface area contributed by atoms with Crippen molar-refractivity contribution in [1.29, 1.82) is 0 Å². The highest BCUT2D eigenvalue weighted by molar-refractivity contribution is 9.10. The van der Waals surface area contributed by atoms with E-state index in [2.05, 4.69) is 40.2 Å². The van der Waals surface area contributed by atoms with E-state index in [-0.39, 0.29) is 17.5 Å². The van der Waals surface area contributed by atoms with Crippen LogP contribution < -0.4 is 5.32 Å². The number of halogens is 3. The summed E-state index contributed by atoms with van der Waals surface area (Å²) in [5, 5.41) is 7.07. The van der Waals surface area contributed by atoms with Crippen LogP contribution in [-0.2, 0) is 4.79 Å². The molecule has 188 valence electrons. The Hall–Kier alpha value is -3.33. The second-order valence-electron chi connectivity index (χ2n) is 9.15. The third-order valence-electron chi connectivity index (χ3n) is 6.21. The molecule has 36 heavy (non-hydrogen) atoms. The van der Waals surface area contributed by atoms with Gasteiger partial charge in [0.2, 0.25) is 5.91 Å². The summed E-state index contributed by atoms with van der Waals surface area (Å²) < 4.78 is 29.4. The fourth-order valence-corrected chi connectivity index (χ4v) is 4.68. The maximum Gasteiger partial charge on any atom is 0.253 e. The second kappa shape index (κ2) is 11.2. The van der Waals surface area contributed by atoms with Crippen molar-refractivity contribution in [1.82, 2.24) is 14.7 Å². The van der Waals surface area contributed by atoms with E-state index >= 15 is 0 Å². The number of piperidine rings is 1. The molecular formula is C27H27BrF2N4O2. The van der Waals surface area contributed by atoms with Gasteiger partial charge >= 0.3 is 0 Å². The number of hydrogen-bond acceptors (Lipinski definition) is 3. The maximum absolute atomic E-state index is 13.7. The second-order valence-corrected chi connectivity index (χ2v) is 10.1. The molecule has 2 aromatic carbocycles. The summed E-state index contributed by atoms with van der Waals surface area (Å²) in [6.45, 7) is 5.43. The lowest BCUT2D eigenvalue weighted by atomic mass is 9.99. The predicted octanol–water partition coefficient (Wildman–Crippen LogP) is 6.18. The molecule has 1 aromatic heterocycles. The Morgan fingerprint density at radius 2 is 1.89 bits per heavy atom. The van der Waals surface area contributed by atoms with Gasteiger partial charge in [-0.05, 0) is 60.7 Å². The number of benzene rings is 2. The minimum atomic E-state index is -0.739. The first-order valence-electron chi connectivity index (χ1n) is 11.8. The Kier molecular flexibility index (Phi) is 7.98. The Labute approximate surface area is 217 Å². The van der Waals surface area contributed by atoms with E-state index in [9.17, 15) is 18.4 Å². The Morgan fingerprint density at radius 3 is 2.58 bits per heavy atom. The number of nitrogens with zero attached hydrogens (tertiary/aromatic N) is 3. The van der Waals surface area contributed by atoms with Crippen LogP contribution in [0.1, 0.15) is 60.1 Å². The third kappa shape index (κ3) is 6.26. The molecule has 1 saturated heterocycles. The number of amides is 2. The van der Waals surface area contributed by atoms with E-state index in [1.807, 2.05) is 23.1 Å². The van der Waals surface area contributed by atoms with E-state index in [0.717, 1.165) is 35.0 Å². The number of carbonyl (C=O) groups excluding carboxylic acids is 2. The molecule has 3 aromatic rings. The summed E-state index contributed by atoms with van der Waals surface area (Å²) in [5.74, 6) is -1.51. The largest absolute Gasteiger partial charge is 0.338 e.